The molecular formula is C13H27N. The van der Waals surface area contributed by atoms with Gasteiger partial charge in [-0.05, 0) is 37.6 Å². The molecular weight excluding hydrogens is 170 g/mol. The van der Waals surface area contributed by atoms with Gasteiger partial charge in [0.25, 0.3) is 0 Å². The van der Waals surface area contributed by atoms with Crippen molar-refractivity contribution in [3.05, 3.63) is 0 Å². The molecule has 3 atom stereocenters. The van der Waals surface area contributed by atoms with Crippen molar-refractivity contribution in [3.63, 3.8) is 0 Å². The SMILES string of the molecule is CCCCCC(NCCC)C1CC1C. The highest BCUT2D eigenvalue weighted by molar-refractivity contribution is 4.92. The zero-order valence-corrected chi connectivity index (χ0v) is 10.2. The normalized spacial score (nSPS) is 27.6. The predicted molar refractivity (Wildman–Crippen MR) is 63.5 cm³/mol. The maximum absolute atomic E-state index is 3.72. The van der Waals surface area contributed by atoms with Crippen LogP contribution >= 0.6 is 0 Å². The van der Waals surface area contributed by atoms with E-state index in [-0.39, 0.29) is 0 Å². The molecule has 0 radical (unpaired) electrons. The summed E-state index contributed by atoms with van der Waals surface area (Å²) in [4.78, 5) is 0. The highest BCUT2D eigenvalue weighted by Gasteiger charge is 2.38. The van der Waals surface area contributed by atoms with E-state index in [0.29, 0.717) is 0 Å². The Morgan fingerprint density at radius 1 is 1.21 bits per heavy atom. The van der Waals surface area contributed by atoms with Crippen molar-refractivity contribution < 1.29 is 0 Å². The van der Waals surface area contributed by atoms with E-state index >= 15 is 0 Å². The zero-order chi connectivity index (χ0) is 10.4. The van der Waals surface area contributed by atoms with Crippen molar-refractivity contribution in [1.82, 2.24) is 5.32 Å². The first-order valence-corrected chi connectivity index (χ1v) is 6.53. The van der Waals surface area contributed by atoms with E-state index in [2.05, 4.69) is 26.1 Å². The molecule has 14 heavy (non-hydrogen) atoms. The molecule has 1 saturated carbocycles. The molecule has 1 aliphatic carbocycles. The van der Waals surface area contributed by atoms with Gasteiger partial charge in [0.15, 0.2) is 0 Å². The van der Waals surface area contributed by atoms with Gasteiger partial charge in [-0.25, -0.2) is 0 Å². The number of rotatable bonds is 8. The van der Waals surface area contributed by atoms with E-state index in [1.165, 1.54) is 45.1 Å². The van der Waals surface area contributed by atoms with E-state index in [9.17, 15) is 0 Å². The maximum atomic E-state index is 3.72. The minimum absolute atomic E-state index is 0.830. The fourth-order valence-corrected chi connectivity index (χ4v) is 2.32. The first-order chi connectivity index (χ1) is 6.79. The first kappa shape index (κ1) is 12.0. The van der Waals surface area contributed by atoms with Gasteiger partial charge in [0.05, 0.1) is 0 Å². The quantitative estimate of drug-likeness (QED) is 0.586. The molecule has 0 heterocycles. The van der Waals surface area contributed by atoms with Gasteiger partial charge in [-0.15, -0.1) is 0 Å². The Kier molecular flexibility index (Phi) is 5.54. The Labute approximate surface area is 89.7 Å². The van der Waals surface area contributed by atoms with Gasteiger partial charge in [0.2, 0.25) is 0 Å². The molecule has 0 aromatic carbocycles. The Morgan fingerprint density at radius 3 is 2.43 bits per heavy atom. The van der Waals surface area contributed by atoms with Crippen molar-refractivity contribution >= 4 is 0 Å². The monoisotopic (exact) mass is 197 g/mol. The van der Waals surface area contributed by atoms with E-state index in [0.717, 1.165) is 17.9 Å². The molecule has 1 fully saturated rings. The van der Waals surface area contributed by atoms with Crippen LogP contribution in [0.1, 0.15) is 59.3 Å². The van der Waals surface area contributed by atoms with Crippen LogP contribution in [-0.4, -0.2) is 12.6 Å². The Hall–Kier alpha value is -0.0400. The van der Waals surface area contributed by atoms with Crippen molar-refractivity contribution in [1.29, 1.82) is 0 Å². The molecule has 0 aliphatic heterocycles. The number of unbranched alkanes of at least 4 members (excludes halogenated alkanes) is 2. The Balaban J connectivity index is 2.15. The summed E-state index contributed by atoms with van der Waals surface area (Å²) in [5.41, 5.74) is 0. The van der Waals surface area contributed by atoms with Crippen molar-refractivity contribution in [2.75, 3.05) is 6.54 Å². The van der Waals surface area contributed by atoms with Crippen molar-refractivity contribution in [2.45, 2.75) is 65.3 Å². The lowest BCUT2D eigenvalue weighted by Crippen LogP contribution is -2.32. The van der Waals surface area contributed by atoms with E-state index in [4.69, 9.17) is 0 Å². The molecule has 3 unspecified atom stereocenters. The third-order valence-corrected chi connectivity index (χ3v) is 3.46. The summed E-state index contributed by atoms with van der Waals surface area (Å²) in [5, 5.41) is 3.72. The van der Waals surface area contributed by atoms with Gasteiger partial charge in [0, 0.05) is 6.04 Å². The van der Waals surface area contributed by atoms with Gasteiger partial charge in [-0.3, -0.25) is 0 Å². The molecule has 84 valence electrons. The third kappa shape index (κ3) is 4.00. The second kappa shape index (κ2) is 6.44. The van der Waals surface area contributed by atoms with Crippen LogP contribution in [0, 0.1) is 11.8 Å². The fourth-order valence-electron chi connectivity index (χ4n) is 2.32. The molecule has 1 rings (SSSR count). The number of hydrogen-bond acceptors (Lipinski definition) is 1. The molecule has 0 amide bonds. The average molecular weight is 197 g/mol. The number of hydrogen-bond donors (Lipinski definition) is 1. The van der Waals surface area contributed by atoms with E-state index in [1.54, 1.807) is 0 Å². The minimum atomic E-state index is 0.830. The van der Waals surface area contributed by atoms with Crippen LogP contribution in [-0.2, 0) is 0 Å². The zero-order valence-electron chi connectivity index (χ0n) is 10.2. The summed E-state index contributed by atoms with van der Waals surface area (Å²) in [6, 6.07) is 0.830. The van der Waals surface area contributed by atoms with Crippen LogP contribution in [0.3, 0.4) is 0 Å². The largest absolute Gasteiger partial charge is 0.314 e. The lowest BCUT2D eigenvalue weighted by molar-refractivity contribution is 0.406. The van der Waals surface area contributed by atoms with Gasteiger partial charge in [-0.1, -0.05) is 40.0 Å². The van der Waals surface area contributed by atoms with Crippen LogP contribution in [0.4, 0.5) is 0 Å². The second-order valence-electron chi connectivity index (χ2n) is 4.93. The van der Waals surface area contributed by atoms with Gasteiger partial charge < -0.3 is 5.32 Å². The topological polar surface area (TPSA) is 12.0 Å². The van der Waals surface area contributed by atoms with E-state index < -0.39 is 0 Å². The van der Waals surface area contributed by atoms with Crippen LogP contribution in [0.15, 0.2) is 0 Å². The predicted octanol–water partition coefficient (Wildman–Crippen LogP) is 3.59. The van der Waals surface area contributed by atoms with E-state index in [1.807, 2.05) is 0 Å². The van der Waals surface area contributed by atoms with Crippen molar-refractivity contribution in [2.24, 2.45) is 11.8 Å². The average Bonchev–Trinajstić information content (AvgIpc) is 2.89. The summed E-state index contributed by atoms with van der Waals surface area (Å²) in [6.45, 7) is 8.14. The summed E-state index contributed by atoms with van der Waals surface area (Å²) >= 11 is 0. The molecule has 0 aromatic heterocycles. The summed E-state index contributed by atoms with van der Waals surface area (Å²) in [6.07, 6.45) is 8.31. The molecule has 0 aromatic rings. The summed E-state index contributed by atoms with van der Waals surface area (Å²) in [7, 11) is 0. The molecule has 0 spiro atoms. The number of nitrogens with one attached hydrogen (secondary N) is 1. The minimum Gasteiger partial charge on any atom is -0.314 e. The standard InChI is InChI=1S/C13H27N/c1-4-6-7-8-13(14-9-5-2)12-10-11(12)3/h11-14H,4-10H2,1-3H3. The summed E-state index contributed by atoms with van der Waals surface area (Å²) < 4.78 is 0. The molecule has 1 nitrogen and oxygen atoms in total. The fraction of sp³-hybridized carbons (Fsp3) is 1.00. The van der Waals surface area contributed by atoms with Crippen LogP contribution in [0.5, 0.6) is 0 Å². The van der Waals surface area contributed by atoms with Crippen LogP contribution < -0.4 is 5.32 Å². The second-order valence-corrected chi connectivity index (χ2v) is 4.93. The van der Waals surface area contributed by atoms with Gasteiger partial charge in [0.1, 0.15) is 0 Å². The molecule has 1 N–H and O–H groups in total. The highest BCUT2D eigenvalue weighted by Crippen LogP contribution is 2.41. The van der Waals surface area contributed by atoms with Gasteiger partial charge >= 0.3 is 0 Å². The van der Waals surface area contributed by atoms with Crippen LogP contribution in [0.2, 0.25) is 0 Å². The maximum Gasteiger partial charge on any atom is 0.00979 e. The van der Waals surface area contributed by atoms with Gasteiger partial charge in [-0.2, -0.15) is 0 Å². The van der Waals surface area contributed by atoms with Crippen molar-refractivity contribution in [3.8, 4) is 0 Å². The molecule has 0 saturated heterocycles. The molecule has 1 heteroatoms. The summed E-state index contributed by atoms with van der Waals surface area (Å²) in [5.74, 6) is 1.99. The highest BCUT2D eigenvalue weighted by atomic mass is 14.9. The third-order valence-electron chi connectivity index (χ3n) is 3.46. The Morgan fingerprint density at radius 2 is 1.93 bits per heavy atom. The lowest BCUT2D eigenvalue weighted by Gasteiger charge is -2.18. The first-order valence-electron chi connectivity index (χ1n) is 6.53. The lowest BCUT2D eigenvalue weighted by atomic mass is 10.0. The molecule has 1 aliphatic rings. The Bertz CT molecular complexity index is 144. The smallest absolute Gasteiger partial charge is 0.00979 e. The van der Waals surface area contributed by atoms with Crippen LogP contribution in [0.25, 0.3) is 0 Å². The molecule has 0 bridgehead atoms.